The van der Waals surface area contributed by atoms with E-state index in [1.54, 1.807) is 12.1 Å². The number of benzene rings is 1. The Kier molecular flexibility index (Phi) is 6.05. The van der Waals surface area contributed by atoms with Gasteiger partial charge in [-0.1, -0.05) is 18.2 Å². The monoisotopic (exact) mass is 168 g/mol. The van der Waals surface area contributed by atoms with Crippen molar-refractivity contribution >= 4 is 0 Å². The quantitative estimate of drug-likeness (QED) is 0.638. The van der Waals surface area contributed by atoms with Gasteiger partial charge < -0.3 is 9.74 Å². The van der Waals surface area contributed by atoms with Crippen LogP contribution >= 0.6 is 0 Å². The Labute approximate surface area is 73.7 Å². The van der Waals surface area contributed by atoms with Gasteiger partial charge in [0.05, 0.1) is 0 Å². The lowest BCUT2D eigenvalue weighted by atomic mass is 10.3. The molecule has 12 heavy (non-hydrogen) atoms. The SMILES string of the molecule is CN(C)C.NOc1ccccc1. The molecule has 0 radical (unpaired) electrons. The van der Waals surface area contributed by atoms with Gasteiger partial charge in [0, 0.05) is 0 Å². The summed E-state index contributed by atoms with van der Waals surface area (Å²) in [5, 5.41) is 0. The smallest absolute Gasteiger partial charge is 0.146 e. The van der Waals surface area contributed by atoms with Gasteiger partial charge in [-0.2, -0.15) is 5.90 Å². The van der Waals surface area contributed by atoms with Crippen LogP contribution in [0.15, 0.2) is 30.3 Å². The molecule has 1 rings (SSSR count). The van der Waals surface area contributed by atoms with Crippen molar-refractivity contribution in [2.75, 3.05) is 21.1 Å². The molecule has 0 fully saturated rings. The van der Waals surface area contributed by atoms with E-state index < -0.39 is 0 Å². The first-order valence-electron chi connectivity index (χ1n) is 3.69. The molecule has 3 heteroatoms. The normalized spacial score (nSPS) is 8.75. The standard InChI is InChI=1S/C6H7NO.C3H9N/c7-8-6-4-2-1-3-5-6;1-4(2)3/h1-5H,7H2;1-3H3. The van der Waals surface area contributed by atoms with Crippen molar-refractivity contribution in [2.24, 2.45) is 5.90 Å². The second-order valence-electron chi connectivity index (χ2n) is 2.77. The van der Waals surface area contributed by atoms with Crippen LogP contribution in [0.5, 0.6) is 5.75 Å². The minimum absolute atomic E-state index is 0.688. The fraction of sp³-hybridized carbons (Fsp3) is 0.333. The molecule has 2 N–H and O–H groups in total. The summed E-state index contributed by atoms with van der Waals surface area (Å²) in [7, 11) is 6.00. The predicted molar refractivity (Wildman–Crippen MR) is 50.9 cm³/mol. The van der Waals surface area contributed by atoms with Crippen molar-refractivity contribution < 1.29 is 4.84 Å². The highest BCUT2D eigenvalue weighted by molar-refractivity contribution is 5.20. The van der Waals surface area contributed by atoms with E-state index in [9.17, 15) is 0 Å². The van der Waals surface area contributed by atoms with Gasteiger partial charge in [0.2, 0.25) is 0 Å². The molecule has 0 aromatic heterocycles. The van der Waals surface area contributed by atoms with Crippen molar-refractivity contribution in [3.63, 3.8) is 0 Å². The Balaban J connectivity index is 0.000000261. The van der Waals surface area contributed by atoms with E-state index in [-0.39, 0.29) is 0 Å². The molecule has 0 spiro atoms. The third kappa shape index (κ3) is 7.05. The van der Waals surface area contributed by atoms with Crippen LogP contribution < -0.4 is 10.7 Å². The molecule has 1 aromatic carbocycles. The summed E-state index contributed by atoms with van der Waals surface area (Å²) in [5.74, 6) is 5.54. The van der Waals surface area contributed by atoms with Crippen molar-refractivity contribution in [2.45, 2.75) is 0 Å². The van der Waals surface area contributed by atoms with Gasteiger partial charge in [-0.05, 0) is 33.3 Å². The zero-order valence-corrected chi connectivity index (χ0v) is 7.82. The molecule has 3 nitrogen and oxygen atoms in total. The van der Waals surface area contributed by atoms with Gasteiger partial charge >= 0.3 is 0 Å². The van der Waals surface area contributed by atoms with Crippen molar-refractivity contribution in [3.8, 4) is 5.75 Å². The fourth-order valence-corrected chi connectivity index (χ4v) is 0.499. The zero-order chi connectivity index (χ0) is 9.40. The highest BCUT2D eigenvalue weighted by Gasteiger charge is 1.81. The molecule has 0 aliphatic carbocycles. The Bertz CT molecular complexity index is 184. The summed E-state index contributed by atoms with van der Waals surface area (Å²) in [4.78, 5) is 6.41. The van der Waals surface area contributed by atoms with E-state index in [0.29, 0.717) is 5.75 Å². The molecule has 0 bridgehead atoms. The summed E-state index contributed by atoms with van der Waals surface area (Å²) in [5.41, 5.74) is 0. The van der Waals surface area contributed by atoms with Crippen LogP contribution in [-0.4, -0.2) is 26.0 Å². The van der Waals surface area contributed by atoms with Crippen LogP contribution in [0.25, 0.3) is 0 Å². The average Bonchev–Trinajstić information content (AvgIpc) is 2.05. The van der Waals surface area contributed by atoms with Crippen molar-refractivity contribution in [1.29, 1.82) is 0 Å². The second kappa shape index (κ2) is 6.64. The van der Waals surface area contributed by atoms with E-state index in [2.05, 4.69) is 4.84 Å². The maximum atomic E-state index is 4.85. The Morgan fingerprint density at radius 1 is 1.08 bits per heavy atom. The van der Waals surface area contributed by atoms with E-state index in [1.807, 2.05) is 44.2 Å². The highest BCUT2D eigenvalue weighted by Crippen LogP contribution is 2.04. The summed E-state index contributed by atoms with van der Waals surface area (Å²) in [6.07, 6.45) is 0. The van der Waals surface area contributed by atoms with Gasteiger partial charge in [0.1, 0.15) is 5.75 Å². The van der Waals surface area contributed by atoms with Crippen LogP contribution in [0.1, 0.15) is 0 Å². The molecule has 0 aliphatic rings. The maximum absolute atomic E-state index is 4.85. The summed E-state index contributed by atoms with van der Waals surface area (Å²) >= 11 is 0. The van der Waals surface area contributed by atoms with Crippen LogP contribution in [0.4, 0.5) is 0 Å². The Hall–Kier alpha value is -1.06. The highest BCUT2D eigenvalue weighted by atomic mass is 16.6. The molecule has 0 heterocycles. The van der Waals surface area contributed by atoms with E-state index in [4.69, 9.17) is 5.90 Å². The maximum Gasteiger partial charge on any atom is 0.146 e. The first kappa shape index (κ1) is 10.9. The first-order chi connectivity index (χ1) is 5.66. The van der Waals surface area contributed by atoms with Gasteiger partial charge in [-0.15, -0.1) is 0 Å². The number of hydrogen-bond acceptors (Lipinski definition) is 3. The molecule has 68 valence electrons. The molecule has 0 saturated heterocycles. The molecule has 1 aromatic rings. The average molecular weight is 168 g/mol. The van der Waals surface area contributed by atoms with E-state index in [1.165, 1.54) is 0 Å². The van der Waals surface area contributed by atoms with Crippen LogP contribution in [-0.2, 0) is 0 Å². The molecule has 0 saturated carbocycles. The molecule has 0 atom stereocenters. The Morgan fingerprint density at radius 2 is 1.50 bits per heavy atom. The number of nitrogens with two attached hydrogens (primary N) is 1. The predicted octanol–water partition coefficient (Wildman–Crippen LogP) is 1.12. The topological polar surface area (TPSA) is 38.5 Å². The van der Waals surface area contributed by atoms with Crippen LogP contribution in [0.3, 0.4) is 0 Å². The van der Waals surface area contributed by atoms with Gasteiger partial charge in [-0.25, -0.2) is 0 Å². The van der Waals surface area contributed by atoms with Crippen LogP contribution in [0.2, 0.25) is 0 Å². The Morgan fingerprint density at radius 3 is 1.75 bits per heavy atom. The molecule has 0 amide bonds. The largest absolute Gasteiger partial charge is 0.412 e. The molecular formula is C9H16N2O. The lowest BCUT2D eigenvalue weighted by Gasteiger charge is -1.92. The molecule has 0 unspecified atom stereocenters. The van der Waals surface area contributed by atoms with Gasteiger partial charge in [-0.3, -0.25) is 0 Å². The number of hydrogen-bond donors (Lipinski definition) is 1. The minimum Gasteiger partial charge on any atom is -0.412 e. The van der Waals surface area contributed by atoms with Gasteiger partial charge in [0.25, 0.3) is 0 Å². The summed E-state index contributed by atoms with van der Waals surface area (Å²) in [6.45, 7) is 0. The number of nitrogens with zero attached hydrogens (tertiary/aromatic N) is 1. The van der Waals surface area contributed by atoms with Crippen molar-refractivity contribution in [1.82, 2.24) is 4.90 Å². The third-order valence-corrected chi connectivity index (χ3v) is 0.879. The third-order valence-electron chi connectivity index (χ3n) is 0.879. The summed E-state index contributed by atoms with van der Waals surface area (Å²) in [6, 6.07) is 9.22. The lowest BCUT2D eigenvalue weighted by Crippen LogP contribution is -2.00. The summed E-state index contributed by atoms with van der Waals surface area (Å²) < 4.78 is 0. The second-order valence-corrected chi connectivity index (χ2v) is 2.77. The zero-order valence-electron chi connectivity index (χ0n) is 7.82. The van der Waals surface area contributed by atoms with E-state index >= 15 is 0 Å². The number of para-hydroxylation sites is 1. The van der Waals surface area contributed by atoms with E-state index in [0.717, 1.165) is 0 Å². The lowest BCUT2D eigenvalue weighted by molar-refractivity contribution is 0.334. The minimum atomic E-state index is 0.688. The van der Waals surface area contributed by atoms with Gasteiger partial charge in [0.15, 0.2) is 0 Å². The fourth-order valence-electron chi connectivity index (χ4n) is 0.499. The van der Waals surface area contributed by atoms with Crippen LogP contribution in [0, 0.1) is 0 Å². The number of rotatable bonds is 1. The molecule has 0 aliphatic heterocycles. The first-order valence-corrected chi connectivity index (χ1v) is 3.69. The van der Waals surface area contributed by atoms with Crippen molar-refractivity contribution in [3.05, 3.63) is 30.3 Å². The molecular weight excluding hydrogens is 152 g/mol.